The second kappa shape index (κ2) is 12.7. The van der Waals surface area contributed by atoms with E-state index >= 15 is 0 Å². The highest BCUT2D eigenvalue weighted by atomic mass is 15.1. The third-order valence-corrected chi connectivity index (χ3v) is 11.3. The molecule has 0 heterocycles. The lowest BCUT2D eigenvalue weighted by Gasteiger charge is -2.27. The summed E-state index contributed by atoms with van der Waals surface area (Å²) in [6.07, 6.45) is 0. The monoisotopic (exact) mass is 697 g/mol. The zero-order valence-electron chi connectivity index (χ0n) is 30.2. The quantitative estimate of drug-likeness (QED) is 0.156. The van der Waals surface area contributed by atoms with Crippen LogP contribution < -0.4 is 4.90 Å². The SMILES string of the molecule is c1ccc(-c2cccc(N(c3ccc(-c4ccc5c(ccc6ccccc65)c4)cc3)c3cccc(-c4cc5c6c(cccc6c4)-c4ccccc4-5)c3)c2)cc1. The second-order valence-corrected chi connectivity index (χ2v) is 14.5. The maximum atomic E-state index is 2.39. The van der Waals surface area contributed by atoms with Crippen molar-refractivity contribution in [2.24, 2.45) is 0 Å². The second-order valence-electron chi connectivity index (χ2n) is 14.5. The molecule has 0 unspecified atom stereocenters. The van der Waals surface area contributed by atoms with E-state index < -0.39 is 0 Å². The van der Waals surface area contributed by atoms with Gasteiger partial charge in [-0.2, -0.15) is 0 Å². The van der Waals surface area contributed by atoms with Crippen LogP contribution in [0.1, 0.15) is 0 Å². The van der Waals surface area contributed by atoms with Crippen LogP contribution in [0.15, 0.2) is 212 Å². The van der Waals surface area contributed by atoms with Gasteiger partial charge in [0.1, 0.15) is 0 Å². The van der Waals surface area contributed by atoms with Gasteiger partial charge in [-0.3, -0.25) is 0 Å². The largest absolute Gasteiger partial charge is 0.310 e. The fourth-order valence-electron chi connectivity index (χ4n) is 8.71. The van der Waals surface area contributed by atoms with E-state index in [1.165, 1.54) is 88.0 Å². The molecule has 11 rings (SSSR count). The molecule has 10 aromatic rings. The highest BCUT2D eigenvalue weighted by Crippen LogP contribution is 2.49. The Morgan fingerprint density at radius 2 is 0.764 bits per heavy atom. The summed E-state index contributed by atoms with van der Waals surface area (Å²) in [4.78, 5) is 2.39. The summed E-state index contributed by atoms with van der Waals surface area (Å²) in [5.41, 5.74) is 15.8. The highest BCUT2D eigenvalue weighted by Gasteiger charge is 2.22. The summed E-state index contributed by atoms with van der Waals surface area (Å²) in [6, 6.07) is 77.8. The van der Waals surface area contributed by atoms with Gasteiger partial charge in [0.2, 0.25) is 0 Å². The lowest BCUT2D eigenvalue weighted by molar-refractivity contribution is 1.28. The average molecular weight is 698 g/mol. The Kier molecular flexibility index (Phi) is 7.25. The van der Waals surface area contributed by atoms with Gasteiger partial charge in [-0.15, -0.1) is 0 Å². The van der Waals surface area contributed by atoms with Gasteiger partial charge in [0.25, 0.3) is 0 Å². The molecular weight excluding hydrogens is 663 g/mol. The summed E-state index contributed by atoms with van der Waals surface area (Å²) in [5, 5.41) is 7.72. The smallest absolute Gasteiger partial charge is 0.0467 e. The van der Waals surface area contributed by atoms with Gasteiger partial charge in [0, 0.05) is 17.1 Å². The number of anilines is 3. The van der Waals surface area contributed by atoms with Crippen molar-refractivity contribution in [3.8, 4) is 55.6 Å². The Morgan fingerprint density at radius 1 is 0.236 bits per heavy atom. The number of benzene rings is 10. The number of nitrogens with zero attached hydrogens (tertiary/aromatic N) is 1. The van der Waals surface area contributed by atoms with Crippen LogP contribution in [-0.4, -0.2) is 0 Å². The summed E-state index contributed by atoms with van der Waals surface area (Å²) in [5.74, 6) is 0. The minimum absolute atomic E-state index is 1.11. The van der Waals surface area contributed by atoms with E-state index in [4.69, 9.17) is 0 Å². The van der Waals surface area contributed by atoms with Gasteiger partial charge >= 0.3 is 0 Å². The van der Waals surface area contributed by atoms with Crippen LogP contribution in [0, 0.1) is 0 Å². The van der Waals surface area contributed by atoms with Crippen LogP contribution in [0.25, 0.3) is 88.0 Å². The molecule has 0 fully saturated rings. The molecule has 0 N–H and O–H groups in total. The van der Waals surface area contributed by atoms with Crippen molar-refractivity contribution in [2.75, 3.05) is 4.90 Å². The predicted octanol–water partition coefficient (Wildman–Crippen LogP) is 15.3. The van der Waals surface area contributed by atoms with E-state index in [1.54, 1.807) is 0 Å². The predicted molar refractivity (Wildman–Crippen MR) is 234 cm³/mol. The molecule has 0 spiro atoms. The van der Waals surface area contributed by atoms with Crippen LogP contribution in [-0.2, 0) is 0 Å². The average Bonchev–Trinajstić information content (AvgIpc) is 3.58. The van der Waals surface area contributed by atoms with Gasteiger partial charge in [-0.25, -0.2) is 0 Å². The molecule has 0 atom stereocenters. The summed E-state index contributed by atoms with van der Waals surface area (Å²) in [6.45, 7) is 0. The summed E-state index contributed by atoms with van der Waals surface area (Å²) < 4.78 is 0. The van der Waals surface area contributed by atoms with E-state index in [0.29, 0.717) is 0 Å². The Labute approximate surface area is 321 Å². The third-order valence-electron chi connectivity index (χ3n) is 11.3. The van der Waals surface area contributed by atoms with Crippen molar-refractivity contribution >= 4 is 49.4 Å². The molecule has 1 aliphatic carbocycles. The van der Waals surface area contributed by atoms with E-state index in [2.05, 4.69) is 217 Å². The Hall–Kier alpha value is -7.22. The first-order valence-corrected chi connectivity index (χ1v) is 19.0. The van der Waals surface area contributed by atoms with E-state index in [0.717, 1.165) is 17.1 Å². The first-order valence-electron chi connectivity index (χ1n) is 19.0. The lowest BCUT2D eigenvalue weighted by atomic mass is 9.95. The van der Waals surface area contributed by atoms with Gasteiger partial charge in [-0.05, 0) is 143 Å². The van der Waals surface area contributed by atoms with Gasteiger partial charge in [0.05, 0.1) is 0 Å². The maximum Gasteiger partial charge on any atom is 0.0467 e. The van der Waals surface area contributed by atoms with Gasteiger partial charge in [0.15, 0.2) is 0 Å². The normalized spacial score (nSPS) is 11.6. The molecule has 0 radical (unpaired) electrons. The van der Waals surface area contributed by atoms with Crippen molar-refractivity contribution in [3.05, 3.63) is 212 Å². The molecule has 0 amide bonds. The minimum Gasteiger partial charge on any atom is -0.310 e. The van der Waals surface area contributed by atoms with Crippen molar-refractivity contribution < 1.29 is 0 Å². The number of hydrogen-bond donors (Lipinski definition) is 0. The number of fused-ring (bicyclic) bond motifs is 6. The Bertz CT molecular complexity index is 3080. The fourth-order valence-corrected chi connectivity index (χ4v) is 8.71. The van der Waals surface area contributed by atoms with E-state index in [9.17, 15) is 0 Å². The molecule has 0 aromatic heterocycles. The minimum atomic E-state index is 1.11. The molecule has 0 saturated carbocycles. The van der Waals surface area contributed by atoms with Crippen LogP contribution >= 0.6 is 0 Å². The Morgan fingerprint density at radius 3 is 1.56 bits per heavy atom. The van der Waals surface area contributed by atoms with Crippen molar-refractivity contribution in [3.63, 3.8) is 0 Å². The van der Waals surface area contributed by atoms with Crippen molar-refractivity contribution in [1.29, 1.82) is 0 Å². The zero-order valence-corrected chi connectivity index (χ0v) is 30.2. The van der Waals surface area contributed by atoms with Crippen molar-refractivity contribution in [1.82, 2.24) is 0 Å². The zero-order chi connectivity index (χ0) is 36.3. The molecule has 256 valence electrons. The third kappa shape index (κ3) is 5.32. The molecule has 0 saturated heterocycles. The lowest BCUT2D eigenvalue weighted by Crippen LogP contribution is -2.10. The molecular formula is C54H35N. The van der Waals surface area contributed by atoms with Crippen LogP contribution in [0.5, 0.6) is 0 Å². The van der Waals surface area contributed by atoms with Gasteiger partial charge < -0.3 is 4.90 Å². The Balaban J connectivity index is 1.02. The first kappa shape index (κ1) is 31.3. The topological polar surface area (TPSA) is 3.24 Å². The van der Waals surface area contributed by atoms with Gasteiger partial charge in [-0.1, -0.05) is 158 Å². The molecule has 0 aliphatic heterocycles. The molecule has 0 bridgehead atoms. The highest BCUT2D eigenvalue weighted by molar-refractivity contribution is 6.16. The first-order chi connectivity index (χ1) is 27.2. The van der Waals surface area contributed by atoms with Crippen LogP contribution in [0.4, 0.5) is 17.1 Å². The molecule has 10 aromatic carbocycles. The van der Waals surface area contributed by atoms with Crippen molar-refractivity contribution in [2.45, 2.75) is 0 Å². The van der Waals surface area contributed by atoms with E-state index in [-0.39, 0.29) is 0 Å². The van der Waals surface area contributed by atoms with Crippen LogP contribution in [0.2, 0.25) is 0 Å². The molecule has 55 heavy (non-hydrogen) atoms. The van der Waals surface area contributed by atoms with E-state index in [1.807, 2.05) is 0 Å². The molecule has 1 nitrogen and oxygen atoms in total. The fraction of sp³-hybridized carbons (Fsp3) is 0. The molecule has 1 aliphatic rings. The maximum absolute atomic E-state index is 2.39. The standard InChI is InChI=1S/C54H35N/c1-2-11-36(12-3-1)39-14-8-17-46(33-39)55(45-28-25-37(26-29-45)41-27-30-49-42(31-41)24-23-38-13-4-5-19-48(38)49)47-18-9-15-40(34-47)44-32-43-16-10-22-52-50-20-6-7-21-51(50)53(35-44)54(43)52/h1-35H. The number of rotatable bonds is 6. The summed E-state index contributed by atoms with van der Waals surface area (Å²) in [7, 11) is 0. The summed E-state index contributed by atoms with van der Waals surface area (Å²) >= 11 is 0. The number of hydrogen-bond acceptors (Lipinski definition) is 1. The van der Waals surface area contributed by atoms with Crippen LogP contribution in [0.3, 0.4) is 0 Å². The molecule has 1 heteroatoms.